The lowest BCUT2D eigenvalue weighted by Crippen LogP contribution is -2.11. The first-order valence-electron chi connectivity index (χ1n) is 15.1. The molecule has 1 aromatic heterocycles. The Labute approximate surface area is 249 Å². The van der Waals surface area contributed by atoms with Gasteiger partial charge < -0.3 is 18.8 Å². The maximum Gasteiger partial charge on any atom is 0.305 e. The molecule has 0 spiro atoms. The molecular weight excluding hydrogens is 526 g/mol. The lowest BCUT2D eigenvalue weighted by molar-refractivity contribution is -0.143. The van der Waals surface area contributed by atoms with E-state index in [1.807, 2.05) is 61.7 Å². The number of aryl methyl sites for hydroxylation is 1. The van der Waals surface area contributed by atoms with Crippen LogP contribution in [0.15, 0.2) is 79.0 Å². The molecule has 1 unspecified atom stereocenters. The van der Waals surface area contributed by atoms with Crippen molar-refractivity contribution in [3.05, 3.63) is 101 Å². The Hall–Kier alpha value is -3.90. The van der Waals surface area contributed by atoms with Crippen molar-refractivity contribution in [1.82, 2.24) is 4.57 Å². The summed E-state index contributed by atoms with van der Waals surface area (Å²) in [5.74, 6) is 1.07. The number of carbonyl (C=O) groups is 2. The quantitative estimate of drug-likeness (QED) is 0.0778. The molecule has 1 heterocycles. The predicted molar refractivity (Wildman–Crippen MR) is 167 cm³/mol. The molecule has 0 radical (unpaired) electrons. The number of hydrogen-bond donors (Lipinski definition) is 0. The zero-order chi connectivity index (χ0) is 29.9. The number of benzene rings is 3. The molecule has 0 amide bonds. The fourth-order valence-electron chi connectivity index (χ4n) is 5.21. The van der Waals surface area contributed by atoms with E-state index < -0.39 is 0 Å². The second-order valence-electron chi connectivity index (χ2n) is 10.9. The van der Waals surface area contributed by atoms with Gasteiger partial charge in [-0.15, -0.1) is 0 Å². The lowest BCUT2D eigenvalue weighted by Gasteiger charge is -2.20. The van der Waals surface area contributed by atoms with Crippen molar-refractivity contribution in [3.63, 3.8) is 0 Å². The minimum absolute atomic E-state index is 0.0458. The first-order valence-corrected chi connectivity index (χ1v) is 15.1. The Morgan fingerprint density at radius 2 is 1.62 bits per heavy atom. The number of rotatable bonds is 16. The summed E-state index contributed by atoms with van der Waals surface area (Å²) in [6, 6.07) is 23.9. The third kappa shape index (κ3) is 8.32. The lowest BCUT2D eigenvalue weighted by atomic mass is 9.99. The number of nitrogens with zero attached hydrogens (tertiary/aromatic N) is 1. The van der Waals surface area contributed by atoms with E-state index in [0.29, 0.717) is 62.0 Å². The number of ether oxygens (including phenoxy) is 3. The van der Waals surface area contributed by atoms with Crippen molar-refractivity contribution in [2.45, 2.75) is 66.0 Å². The van der Waals surface area contributed by atoms with E-state index in [1.165, 1.54) is 5.56 Å². The summed E-state index contributed by atoms with van der Waals surface area (Å²) < 4.78 is 19.2. The summed E-state index contributed by atoms with van der Waals surface area (Å²) in [5, 5.41) is 0.899. The van der Waals surface area contributed by atoms with E-state index in [4.69, 9.17) is 14.2 Å². The maximum atomic E-state index is 13.6. The molecule has 222 valence electrons. The summed E-state index contributed by atoms with van der Waals surface area (Å²) in [6.07, 6.45) is 4.51. The van der Waals surface area contributed by atoms with Crippen molar-refractivity contribution in [2.75, 3.05) is 19.8 Å². The van der Waals surface area contributed by atoms with Crippen LogP contribution in [0.4, 0.5) is 0 Å². The third-order valence-electron chi connectivity index (χ3n) is 7.24. The van der Waals surface area contributed by atoms with Gasteiger partial charge in [0.15, 0.2) is 5.78 Å². The number of aromatic nitrogens is 1. The van der Waals surface area contributed by atoms with Gasteiger partial charge in [-0.2, -0.15) is 0 Å². The molecule has 4 rings (SSSR count). The normalized spacial score (nSPS) is 12.0. The monoisotopic (exact) mass is 569 g/mol. The Balaban J connectivity index is 1.48. The Kier molecular flexibility index (Phi) is 11.4. The molecule has 0 bridgehead atoms. The maximum absolute atomic E-state index is 13.6. The molecule has 0 aliphatic rings. The van der Waals surface area contributed by atoms with Crippen molar-refractivity contribution in [2.24, 2.45) is 5.92 Å². The molecule has 1 atom stereocenters. The fraction of sp³-hybridized carbons (Fsp3) is 0.389. The molecule has 0 aliphatic heterocycles. The zero-order valence-corrected chi connectivity index (χ0v) is 25.3. The van der Waals surface area contributed by atoms with Crippen LogP contribution in [-0.4, -0.2) is 36.1 Å². The Bertz CT molecular complexity index is 1440. The molecule has 0 N–H and O–H groups in total. The number of fused-ring (bicyclic) bond motifs is 1. The summed E-state index contributed by atoms with van der Waals surface area (Å²) in [7, 11) is 0. The molecule has 0 saturated carbocycles. The molecule has 4 aromatic rings. The number of hydrogen-bond acceptors (Lipinski definition) is 5. The third-order valence-corrected chi connectivity index (χ3v) is 7.24. The molecule has 0 saturated heterocycles. The van der Waals surface area contributed by atoms with Gasteiger partial charge in [-0.05, 0) is 74.1 Å². The highest BCUT2D eigenvalue weighted by atomic mass is 16.5. The van der Waals surface area contributed by atoms with E-state index >= 15 is 0 Å². The van der Waals surface area contributed by atoms with Gasteiger partial charge in [0.25, 0.3) is 0 Å². The highest BCUT2D eigenvalue weighted by Crippen LogP contribution is 2.28. The van der Waals surface area contributed by atoms with Gasteiger partial charge in [-0.25, -0.2) is 0 Å². The average molecular weight is 570 g/mol. The van der Waals surface area contributed by atoms with Gasteiger partial charge in [-0.1, -0.05) is 56.3 Å². The van der Waals surface area contributed by atoms with Crippen molar-refractivity contribution in [1.29, 1.82) is 0 Å². The van der Waals surface area contributed by atoms with Crippen LogP contribution in [0.2, 0.25) is 0 Å². The van der Waals surface area contributed by atoms with Crippen LogP contribution in [0.1, 0.15) is 80.1 Å². The second-order valence-corrected chi connectivity index (χ2v) is 10.9. The van der Waals surface area contributed by atoms with Gasteiger partial charge in [-0.3, -0.25) is 9.59 Å². The van der Waals surface area contributed by atoms with E-state index in [9.17, 15) is 9.59 Å². The van der Waals surface area contributed by atoms with Crippen molar-refractivity contribution < 1.29 is 23.8 Å². The molecule has 6 nitrogen and oxygen atoms in total. The minimum atomic E-state index is -0.198. The number of para-hydroxylation sites is 1. The van der Waals surface area contributed by atoms with Gasteiger partial charge in [0.2, 0.25) is 0 Å². The second kappa shape index (κ2) is 15.4. The molecule has 3 aromatic carbocycles. The molecular formula is C36H43NO5. The van der Waals surface area contributed by atoms with Gasteiger partial charge in [0, 0.05) is 54.2 Å². The Morgan fingerprint density at radius 1 is 0.881 bits per heavy atom. The highest BCUT2D eigenvalue weighted by Gasteiger charge is 2.18. The first-order chi connectivity index (χ1) is 20.4. The Morgan fingerprint density at radius 3 is 2.31 bits per heavy atom. The summed E-state index contributed by atoms with van der Waals surface area (Å²) in [6.45, 7) is 10.5. The van der Waals surface area contributed by atoms with Crippen LogP contribution < -0.4 is 4.74 Å². The summed E-state index contributed by atoms with van der Waals surface area (Å²) in [4.78, 5) is 25.4. The largest absolute Gasteiger partial charge is 0.486 e. The number of esters is 1. The topological polar surface area (TPSA) is 66.8 Å². The fourth-order valence-corrected chi connectivity index (χ4v) is 5.21. The number of carbonyl (C=O) groups excluding carboxylic acids is 2. The van der Waals surface area contributed by atoms with Gasteiger partial charge in [0.05, 0.1) is 13.2 Å². The first kappa shape index (κ1) is 31.0. The molecule has 42 heavy (non-hydrogen) atoms. The molecule has 0 aliphatic carbocycles. The van der Waals surface area contributed by atoms with Crippen LogP contribution >= 0.6 is 0 Å². The summed E-state index contributed by atoms with van der Waals surface area (Å²) in [5.41, 5.74) is 4.65. The molecule has 6 heteroatoms. The van der Waals surface area contributed by atoms with Gasteiger partial charge in [0.1, 0.15) is 11.9 Å². The predicted octanol–water partition coefficient (Wildman–Crippen LogP) is 7.96. The SMILES string of the molecule is CCOCCC(Oc1ccc(C(=O)c2cn(CCCC(=O)OCC)c3ccccc23)cc1)c1ccc(CC(C)C)cc1. The van der Waals surface area contributed by atoms with Crippen LogP contribution in [0.3, 0.4) is 0 Å². The average Bonchev–Trinajstić information content (AvgIpc) is 3.35. The smallest absolute Gasteiger partial charge is 0.305 e. The van der Waals surface area contributed by atoms with E-state index in [2.05, 4.69) is 42.7 Å². The minimum Gasteiger partial charge on any atom is -0.486 e. The van der Waals surface area contributed by atoms with Crippen molar-refractivity contribution in [3.8, 4) is 5.75 Å². The van der Waals surface area contributed by atoms with Crippen LogP contribution in [0, 0.1) is 5.92 Å². The zero-order valence-electron chi connectivity index (χ0n) is 25.3. The molecule has 0 fully saturated rings. The van der Waals surface area contributed by atoms with Gasteiger partial charge >= 0.3 is 5.97 Å². The number of ketones is 1. The van der Waals surface area contributed by atoms with Crippen molar-refractivity contribution >= 4 is 22.7 Å². The van der Waals surface area contributed by atoms with E-state index in [0.717, 1.165) is 29.3 Å². The van der Waals surface area contributed by atoms with E-state index in [1.54, 1.807) is 6.92 Å². The van der Waals surface area contributed by atoms with Crippen LogP contribution in [0.25, 0.3) is 10.9 Å². The summed E-state index contributed by atoms with van der Waals surface area (Å²) >= 11 is 0. The highest BCUT2D eigenvalue weighted by molar-refractivity contribution is 6.16. The standard InChI is InChI=1S/C36H43NO5/c1-5-40-23-21-34(28-15-13-27(14-16-28)24-26(3)4)42-30-19-17-29(18-20-30)36(39)32-25-37(22-9-12-35(38)41-6-2)33-11-8-7-10-31(32)33/h7-8,10-11,13-20,25-26,34H,5-6,9,12,21-24H2,1-4H3. The van der Waals surface area contributed by atoms with Crippen LogP contribution in [0.5, 0.6) is 5.75 Å². The van der Waals surface area contributed by atoms with E-state index in [-0.39, 0.29) is 17.9 Å². The van der Waals surface area contributed by atoms with Crippen LogP contribution in [-0.2, 0) is 27.2 Å².